The van der Waals surface area contributed by atoms with Gasteiger partial charge in [-0.25, -0.2) is 35.1 Å². The molecule has 0 amide bonds. The van der Waals surface area contributed by atoms with Gasteiger partial charge in [-0.05, 0) is 107 Å². The van der Waals surface area contributed by atoms with Crippen LogP contribution in [0, 0.1) is 46.5 Å². The highest BCUT2D eigenvalue weighted by molar-refractivity contribution is 5.99. The van der Waals surface area contributed by atoms with Crippen molar-refractivity contribution in [3.8, 4) is 33.4 Å². The summed E-state index contributed by atoms with van der Waals surface area (Å²) in [6, 6.07) is 22.7. The van der Waals surface area contributed by atoms with E-state index in [1.807, 2.05) is 0 Å². The molecule has 49 heavy (non-hydrogen) atoms. The van der Waals surface area contributed by atoms with Crippen molar-refractivity contribution in [2.45, 2.75) is 0 Å². The van der Waals surface area contributed by atoms with Gasteiger partial charge in [-0.15, -0.1) is 0 Å². The van der Waals surface area contributed by atoms with Crippen molar-refractivity contribution in [1.29, 1.82) is 0 Å². The van der Waals surface area contributed by atoms with Crippen LogP contribution in [0.15, 0.2) is 121 Å². The van der Waals surface area contributed by atoms with E-state index in [1.54, 1.807) is 36.4 Å². The summed E-state index contributed by atoms with van der Waals surface area (Å²) in [5.74, 6) is -6.79. The van der Waals surface area contributed by atoms with Gasteiger partial charge in [0.2, 0.25) is 0 Å². The Bertz CT molecular complexity index is 2330. The molecule has 1 aromatic heterocycles. The fourth-order valence-corrected chi connectivity index (χ4v) is 5.84. The molecule has 1 heterocycles. The van der Waals surface area contributed by atoms with Crippen LogP contribution in [0.4, 0.5) is 52.2 Å². The van der Waals surface area contributed by atoms with Crippen molar-refractivity contribution >= 4 is 28.0 Å². The molecule has 7 aromatic rings. The first-order chi connectivity index (χ1) is 23.5. The largest absolute Gasteiger partial charge is 0.309 e. The van der Waals surface area contributed by atoms with E-state index in [2.05, 4.69) is 4.98 Å². The molecule has 0 saturated carbocycles. The highest BCUT2D eigenvalue weighted by Crippen LogP contribution is 2.41. The highest BCUT2D eigenvalue weighted by atomic mass is 19.2. The molecular weight excluding hydrogens is 648 g/mol. The molecule has 242 valence electrons. The van der Waals surface area contributed by atoms with Crippen LogP contribution in [-0.4, -0.2) is 4.98 Å². The van der Waals surface area contributed by atoms with Crippen LogP contribution >= 0.6 is 0 Å². The van der Waals surface area contributed by atoms with Crippen molar-refractivity contribution < 1.29 is 35.1 Å². The van der Waals surface area contributed by atoms with E-state index >= 15 is 0 Å². The summed E-state index contributed by atoms with van der Waals surface area (Å²) in [7, 11) is 0. The Labute approximate surface area is 274 Å². The number of rotatable bonds is 6. The molecule has 0 bridgehead atoms. The van der Waals surface area contributed by atoms with E-state index < -0.39 is 46.5 Å². The highest BCUT2D eigenvalue weighted by Gasteiger charge is 2.19. The van der Waals surface area contributed by atoms with Crippen LogP contribution in [0.25, 0.3) is 44.3 Å². The number of fused-ring (bicyclic) bond motifs is 1. The topological polar surface area (TPSA) is 16.1 Å². The Morgan fingerprint density at radius 1 is 0.367 bits per heavy atom. The fourth-order valence-electron chi connectivity index (χ4n) is 5.84. The summed E-state index contributed by atoms with van der Waals surface area (Å²) in [6.07, 6.45) is 1.38. The van der Waals surface area contributed by atoms with Gasteiger partial charge >= 0.3 is 0 Å². The van der Waals surface area contributed by atoms with Crippen LogP contribution in [0.5, 0.6) is 0 Å². The average Bonchev–Trinajstić information content (AvgIpc) is 3.02. The van der Waals surface area contributed by atoms with Crippen molar-refractivity contribution in [2.24, 2.45) is 0 Å². The van der Waals surface area contributed by atoms with Crippen LogP contribution in [0.2, 0.25) is 0 Å². The minimum absolute atomic E-state index is 0.0250. The minimum atomic E-state index is -0.886. The molecule has 10 heteroatoms. The lowest BCUT2D eigenvalue weighted by molar-refractivity contribution is 0.583. The number of nitrogens with zero attached hydrogens (tertiary/aromatic N) is 2. The molecule has 0 N–H and O–H groups in total. The third-order valence-electron chi connectivity index (χ3n) is 7.80. The molecule has 0 radical (unpaired) electrons. The summed E-state index contributed by atoms with van der Waals surface area (Å²) < 4.78 is 115. The van der Waals surface area contributed by atoms with Crippen LogP contribution in [0.1, 0.15) is 0 Å². The summed E-state index contributed by atoms with van der Waals surface area (Å²) in [4.78, 5) is 6.04. The molecule has 0 aliphatic heterocycles. The van der Waals surface area contributed by atoms with Gasteiger partial charge in [0, 0.05) is 40.9 Å². The van der Waals surface area contributed by atoms with Crippen molar-refractivity contribution in [3.63, 3.8) is 0 Å². The minimum Gasteiger partial charge on any atom is -0.309 e. The lowest BCUT2D eigenvalue weighted by Crippen LogP contribution is -2.11. The predicted molar refractivity (Wildman–Crippen MR) is 172 cm³/mol. The van der Waals surface area contributed by atoms with E-state index in [0.717, 1.165) is 54.6 Å². The Morgan fingerprint density at radius 3 is 1.39 bits per heavy atom. The van der Waals surface area contributed by atoms with Gasteiger partial charge < -0.3 is 4.90 Å². The summed E-state index contributed by atoms with van der Waals surface area (Å²) >= 11 is 0. The van der Waals surface area contributed by atoms with E-state index in [0.29, 0.717) is 34.8 Å². The Morgan fingerprint density at radius 2 is 0.837 bits per heavy atom. The zero-order valence-electron chi connectivity index (χ0n) is 25.0. The second-order valence-corrected chi connectivity index (χ2v) is 11.3. The SMILES string of the molecule is Fc1cc(F)cc(-c2cccc(N(c3cc(F)cc(F)c3)c3cnc4c(-c5cc(F)cc(F)c5)cc(-c5cc(F)cc(F)c5)cc4c3)c2)c1. The van der Waals surface area contributed by atoms with Crippen LogP contribution in [-0.2, 0) is 0 Å². The van der Waals surface area contributed by atoms with E-state index in [9.17, 15) is 35.1 Å². The second-order valence-electron chi connectivity index (χ2n) is 11.3. The average molecular weight is 669 g/mol. The third-order valence-corrected chi connectivity index (χ3v) is 7.80. The van der Waals surface area contributed by atoms with E-state index in [-0.39, 0.29) is 44.7 Å². The number of pyridine rings is 1. The first-order valence-corrected chi connectivity index (χ1v) is 14.7. The first-order valence-electron chi connectivity index (χ1n) is 14.7. The molecule has 0 unspecified atom stereocenters. The molecule has 0 spiro atoms. The van der Waals surface area contributed by atoms with Gasteiger partial charge in [0.15, 0.2) is 0 Å². The van der Waals surface area contributed by atoms with Gasteiger partial charge in [-0.3, -0.25) is 4.98 Å². The van der Waals surface area contributed by atoms with Crippen LogP contribution in [0.3, 0.4) is 0 Å². The van der Waals surface area contributed by atoms with Gasteiger partial charge in [0.25, 0.3) is 0 Å². The number of aromatic nitrogens is 1. The van der Waals surface area contributed by atoms with Gasteiger partial charge in [-0.2, -0.15) is 0 Å². The first kappa shape index (κ1) is 31.6. The Balaban J connectivity index is 1.47. The predicted octanol–water partition coefficient (Wildman–Crippen LogP) is 11.8. The fraction of sp³-hybridized carbons (Fsp3) is 0. The molecule has 0 aliphatic rings. The second kappa shape index (κ2) is 12.5. The zero-order chi connectivity index (χ0) is 34.4. The van der Waals surface area contributed by atoms with Gasteiger partial charge in [-0.1, -0.05) is 12.1 Å². The lowest BCUT2D eigenvalue weighted by Gasteiger charge is -2.26. The molecule has 6 aromatic carbocycles. The molecule has 0 aliphatic carbocycles. The van der Waals surface area contributed by atoms with Crippen molar-refractivity contribution in [2.75, 3.05) is 4.90 Å². The number of benzene rings is 6. The summed E-state index contributed by atoms with van der Waals surface area (Å²) in [5.41, 5.74) is 2.19. The molecular formula is C39H20F8N2. The standard InChI is InChI=1S/C39H20F8N2/c40-27-5-23(6-28(41)14-27)21-2-1-3-35(11-21)49(36-18-33(46)17-34(47)19-36)37-12-26-4-22(24-7-29(42)15-30(43)8-24)13-38(39(26)48-20-37)25-9-31(44)16-32(45)10-25/h1-20H. The molecule has 0 fully saturated rings. The van der Waals surface area contributed by atoms with E-state index in [1.165, 1.54) is 17.2 Å². The molecule has 2 nitrogen and oxygen atoms in total. The van der Waals surface area contributed by atoms with Gasteiger partial charge in [0.1, 0.15) is 46.5 Å². The summed E-state index contributed by atoms with van der Waals surface area (Å²) in [5, 5.41) is 0.338. The molecule has 0 atom stereocenters. The maximum atomic E-state index is 14.6. The van der Waals surface area contributed by atoms with Crippen molar-refractivity contribution in [1.82, 2.24) is 4.98 Å². The maximum Gasteiger partial charge on any atom is 0.128 e. The quantitative estimate of drug-likeness (QED) is 0.164. The number of halogens is 8. The van der Waals surface area contributed by atoms with Crippen LogP contribution < -0.4 is 4.90 Å². The van der Waals surface area contributed by atoms with Crippen molar-refractivity contribution in [3.05, 3.63) is 168 Å². The molecule has 7 rings (SSSR count). The monoisotopic (exact) mass is 668 g/mol. The number of anilines is 3. The van der Waals surface area contributed by atoms with Gasteiger partial charge in [0.05, 0.1) is 23.1 Å². The normalized spacial score (nSPS) is 11.3. The summed E-state index contributed by atoms with van der Waals surface area (Å²) in [6.45, 7) is 0. The number of hydrogen-bond acceptors (Lipinski definition) is 2. The Hall–Kier alpha value is -6.03. The number of hydrogen-bond donors (Lipinski definition) is 0. The molecule has 0 saturated heterocycles. The lowest BCUT2D eigenvalue weighted by atomic mass is 9.95. The van der Waals surface area contributed by atoms with E-state index in [4.69, 9.17) is 0 Å². The zero-order valence-corrected chi connectivity index (χ0v) is 25.0. The Kier molecular flexibility index (Phi) is 8.07. The maximum absolute atomic E-state index is 14.6. The smallest absolute Gasteiger partial charge is 0.128 e. The third kappa shape index (κ3) is 6.58.